The van der Waals surface area contributed by atoms with Crippen LogP contribution in [0.4, 0.5) is 0 Å². The molecule has 4 nitrogen and oxygen atoms in total. The zero-order valence-electron chi connectivity index (χ0n) is 10.3. The summed E-state index contributed by atoms with van der Waals surface area (Å²) >= 11 is 4.75. The quantitative estimate of drug-likeness (QED) is 0.374. The van der Waals surface area contributed by atoms with E-state index in [4.69, 9.17) is 21.7 Å². The number of ether oxygens (including phenoxy) is 2. The molecule has 0 fully saturated rings. The molecule has 0 amide bonds. The lowest BCUT2D eigenvalue weighted by atomic mass is 10.3. The maximum Gasteiger partial charge on any atom is 0.362 e. The molecular formula is C15H10O4S. The Labute approximate surface area is 120 Å². The van der Waals surface area contributed by atoms with Crippen LogP contribution in [0.1, 0.15) is 0 Å². The van der Waals surface area contributed by atoms with Crippen LogP contribution in [0.15, 0.2) is 60.7 Å². The van der Waals surface area contributed by atoms with Crippen LogP contribution in [0.5, 0.6) is 11.5 Å². The average molecular weight is 286 g/mol. The van der Waals surface area contributed by atoms with Gasteiger partial charge in [-0.1, -0.05) is 48.6 Å². The Morgan fingerprint density at radius 2 is 1.05 bits per heavy atom. The third kappa shape index (κ3) is 3.73. The Kier molecular flexibility index (Phi) is 4.57. The molecule has 0 radical (unpaired) electrons. The molecule has 0 saturated heterocycles. The van der Waals surface area contributed by atoms with Crippen LogP contribution in [-0.2, 0) is 9.59 Å². The largest absolute Gasteiger partial charge is 0.422 e. The summed E-state index contributed by atoms with van der Waals surface area (Å²) in [6.45, 7) is 0. The lowest BCUT2D eigenvalue weighted by molar-refractivity contribution is -0.131. The van der Waals surface area contributed by atoms with Crippen LogP contribution in [0.25, 0.3) is 0 Å². The minimum atomic E-state index is -0.910. The second-order valence-corrected chi connectivity index (χ2v) is 4.14. The molecule has 0 saturated carbocycles. The zero-order valence-corrected chi connectivity index (χ0v) is 11.1. The maximum atomic E-state index is 11.7. The second kappa shape index (κ2) is 6.58. The number of thiocarbonyl (C=S) groups is 1. The van der Waals surface area contributed by atoms with Crippen LogP contribution >= 0.6 is 12.2 Å². The molecule has 0 aliphatic carbocycles. The van der Waals surface area contributed by atoms with Gasteiger partial charge in [0.15, 0.2) is 0 Å². The molecule has 0 unspecified atom stereocenters. The number of esters is 2. The summed E-state index contributed by atoms with van der Waals surface area (Å²) in [5.74, 6) is -1.20. The highest BCUT2D eigenvalue weighted by atomic mass is 32.1. The Bertz CT molecular complexity index is 567. The number of para-hydroxylation sites is 2. The molecule has 100 valence electrons. The fraction of sp³-hybridized carbons (Fsp3) is 0. The SMILES string of the molecule is O=C(Oc1ccccc1)C(=S)C(=O)Oc1ccccc1. The molecule has 2 rings (SSSR count). The van der Waals surface area contributed by atoms with Crippen LogP contribution in [-0.4, -0.2) is 16.8 Å². The number of benzene rings is 2. The topological polar surface area (TPSA) is 52.6 Å². The molecule has 0 spiro atoms. The molecule has 0 atom stereocenters. The first-order valence-corrected chi connectivity index (χ1v) is 6.16. The number of hydrogen-bond acceptors (Lipinski definition) is 5. The number of hydrogen-bond donors (Lipinski definition) is 0. The van der Waals surface area contributed by atoms with E-state index in [1.165, 1.54) is 0 Å². The van der Waals surface area contributed by atoms with Crippen molar-refractivity contribution in [3.05, 3.63) is 60.7 Å². The van der Waals surface area contributed by atoms with Crippen LogP contribution < -0.4 is 9.47 Å². The van der Waals surface area contributed by atoms with Gasteiger partial charge in [0.05, 0.1) is 0 Å². The van der Waals surface area contributed by atoms with Gasteiger partial charge < -0.3 is 9.47 Å². The maximum absolute atomic E-state index is 11.7. The van der Waals surface area contributed by atoms with E-state index in [9.17, 15) is 9.59 Å². The molecule has 0 bridgehead atoms. The minimum Gasteiger partial charge on any atom is -0.422 e. The summed E-state index contributed by atoms with van der Waals surface area (Å²) in [4.78, 5) is 22.8. The highest BCUT2D eigenvalue weighted by Crippen LogP contribution is 2.11. The van der Waals surface area contributed by atoms with Gasteiger partial charge in [-0.15, -0.1) is 0 Å². The summed E-state index contributed by atoms with van der Waals surface area (Å²) in [5, 5.41) is 0. The first-order chi connectivity index (χ1) is 9.66. The number of carbonyl (C=O) groups excluding carboxylic acids is 2. The average Bonchev–Trinajstić information content (AvgIpc) is 2.48. The van der Waals surface area contributed by atoms with Crippen molar-refractivity contribution in [3.63, 3.8) is 0 Å². The van der Waals surface area contributed by atoms with E-state index in [-0.39, 0.29) is 0 Å². The Hall–Kier alpha value is -2.53. The fourth-order valence-electron chi connectivity index (χ4n) is 1.37. The minimum absolute atomic E-state index is 0.312. The van der Waals surface area contributed by atoms with E-state index in [1.807, 2.05) is 0 Å². The van der Waals surface area contributed by atoms with Crippen LogP contribution in [0.3, 0.4) is 0 Å². The summed E-state index contributed by atoms with van der Waals surface area (Å²) in [7, 11) is 0. The van der Waals surface area contributed by atoms with Crippen molar-refractivity contribution in [2.24, 2.45) is 0 Å². The Balaban J connectivity index is 1.97. The predicted octanol–water partition coefficient (Wildman–Crippen LogP) is 2.57. The standard InChI is InChI=1S/C15H10O4S/c16-14(18-11-7-3-1-4-8-11)13(20)15(17)19-12-9-5-2-6-10-12/h1-10H. The van der Waals surface area contributed by atoms with Crippen molar-refractivity contribution in [2.45, 2.75) is 0 Å². The molecule has 0 aliphatic heterocycles. The molecular weight excluding hydrogens is 276 g/mol. The van der Waals surface area contributed by atoms with Gasteiger partial charge in [0.2, 0.25) is 4.86 Å². The van der Waals surface area contributed by atoms with Gasteiger partial charge in [-0.3, -0.25) is 0 Å². The molecule has 0 heterocycles. The second-order valence-electron chi connectivity index (χ2n) is 3.73. The van der Waals surface area contributed by atoms with E-state index in [0.717, 1.165) is 0 Å². The van der Waals surface area contributed by atoms with E-state index in [2.05, 4.69) is 0 Å². The van der Waals surface area contributed by atoms with E-state index in [1.54, 1.807) is 60.7 Å². The number of carbonyl (C=O) groups is 2. The van der Waals surface area contributed by atoms with Crippen molar-refractivity contribution in [1.29, 1.82) is 0 Å². The van der Waals surface area contributed by atoms with Crippen LogP contribution in [0.2, 0.25) is 0 Å². The van der Waals surface area contributed by atoms with Crippen molar-refractivity contribution < 1.29 is 19.1 Å². The third-order valence-electron chi connectivity index (χ3n) is 2.28. The van der Waals surface area contributed by atoms with E-state index >= 15 is 0 Å². The lowest BCUT2D eigenvalue weighted by Crippen LogP contribution is -2.29. The summed E-state index contributed by atoms with van der Waals surface area (Å²) in [6, 6.07) is 16.7. The van der Waals surface area contributed by atoms with Crippen molar-refractivity contribution in [3.8, 4) is 11.5 Å². The summed E-state index contributed by atoms with van der Waals surface area (Å²) in [6.07, 6.45) is 0. The third-order valence-corrected chi connectivity index (χ3v) is 2.61. The molecule has 2 aromatic rings. The molecule has 2 aromatic carbocycles. The highest BCUT2D eigenvalue weighted by Gasteiger charge is 2.22. The predicted molar refractivity (Wildman–Crippen MR) is 76.8 cm³/mol. The Morgan fingerprint density at radius 3 is 1.40 bits per heavy atom. The van der Waals surface area contributed by atoms with Gasteiger partial charge in [0, 0.05) is 0 Å². The van der Waals surface area contributed by atoms with Gasteiger partial charge >= 0.3 is 11.9 Å². The van der Waals surface area contributed by atoms with Gasteiger partial charge in [0.1, 0.15) is 11.5 Å². The molecule has 0 N–H and O–H groups in total. The van der Waals surface area contributed by atoms with E-state index in [0.29, 0.717) is 11.5 Å². The summed E-state index contributed by atoms with van der Waals surface area (Å²) < 4.78 is 9.91. The molecule has 5 heteroatoms. The van der Waals surface area contributed by atoms with Gasteiger partial charge in [0.25, 0.3) is 0 Å². The van der Waals surface area contributed by atoms with Gasteiger partial charge in [-0.2, -0.15) is 0 Å². The first-order valence-electron chi connectivity index (χ1n) is 5.75. The normalized spacial score (nSPS) is 9.60. The monoisotopic (exact) mass is 286 g/mol. The zero-order chi connectivity index (χ0) is 14.4. The van der Waals surface area contributed by atoms with Crippen molar-refractivity contribution in [2.75, 3.05) is 0 Å². The highest BCUT2D eigenvalue weighted by molar-refractivity contribution is 7.83. The van der Waals surface area contributed by atoms with Crippen molar-refractivity contribution >= 4 is 29.0 Å². The van der Waals surface area contributed by atoms with Gasteiger partial charge in [-0.05, 0) is 24.3 Å². The van der Waals surface area contributed by atoms with Crippen LogP contribution in [0, 0.1) is 0 Å². The van der Waals surface area contributed by atoms with Crippen molar-refractivity contribution in [1.82, 2.24) is 0 Å². The molecule has 0 aliphatic rings. The van der Waals surface area contributed by atoms with Gasteiger partial charge in [-0.25, -0.2) is 9.59 Å². The first kappa shape index (κ1) is 13.9. The number of rotatable bonds is 4. The fourth-order valence-corrected chi connectivity index (χ4v) is 1.45. The van der Waals surface area contributed by atoms with E-state index < -0.39 is 16.8 Å². The smallest absolute Gasteiger partial charge is 0.362 e. The Morgan fingerprint density at radius 1 is 0.700 bits per heavy atom. The molecule has 0 aromatic heterocycles. The molecule has 20 heavy (non-hydrogen) atoms. The summed E-state index contributed by atoms with van der Waals surface area (Å²) in [5.41, 5.74) is 0. The lowest BCUT2D eigenvalue weighted by Gasteiger charge is -2.05.